The van der Waals surface area contributed by atoms with Gasteiger partial charge in [-0.3, -0.25) is 4.79 Å². The molecular formula is C25H25N3O3S2. The van der Waals surface area contributed by atoms with Crippen molar-refractivity contribution in [1.82, 2.24) is 8.87 Å². The second-order valence-electron chi connectivity index (χ2n) is 7.42. The molecule has 0 aliphatic carbocycles. The van der Waals surface area contributed by atoms with Gasteiger partial charge < -0.3 is 4.57 Å². The van der Waals surface area contributed by atoms with Crippen LogP contribution < -0.4 is 4.80 Å². The molecule has 170 valence electrons. The molecule has 3 aromatic rings. The number of sulfonamides is 1. The van der Waals surface area contributed by atoms with Gasteiger partial charge in [0, 0.05) is 18.7 Å². The molecule has 2 aromatic carbocycles. The Balaban J connectivity index is 1.99. The Labute approximate surface area is 198 Å². The molecule has 6 nitrogen and oxygen atoms in total. The molecule has 8 heteroatoms. The average molecular weight is 480 g/mol. The molecule has 0 saturated heterocycles. The van der Waals surface area contributed by atoms with Crippen LogP contribution in [0.5, 0.6) is 0 Å². The number of rotatable bonds is 8. The van der Waals surface area contributed by atoms with Crippen LogP contribution in [-0.2, 0) is 16.6 Å². The van der Waals surface area contributed by atoms with Gasteiger partial charge in [-0.1, -0.05) is 29.4 Å². The molecule has 0 saturated carbocycles. The van der Waals surface area contributed by atoms with Crippen molar-refractivity contribution in [3.63, 3.8) is 0 Å². The number of terminal acetylenes is 1. The molecule has 3 rings (SSSR count). The number of carbonyl (C=O) groups excluding carboxylic acids is 1. The predicted molar refractivity (Wildman–Crippen MR) is 134 cm³/mol. The fourth-order valence-corrected chi connectivity index (χ4v) is 5.77. The number of aromatic nitrogens is 1. The Kier molecular flexibility index (Phi) is 7.49. The Bertz CT molecular complexity index is 1430. The van der Waals surface area contributed by atoms with Crippen molar-refractivity contribution in [1.29, 1.82) is 0 Å². The Morgan fingerprint density at radius 3 is 2.33 bits per heavy atom. The van der Waals surface area contributed by atoms with Gasteiger partial charge in [0.1, 0.15) is 0 Å². The minimum absolute atomic E-state index is 0.0814. The van der Waals surface area contributed by atoms with Gasteiger partial charge in [-0.2, -0.15) is 9.30 Å². The Hall–Kier alpha value is -3.25. The maximum Gasteiger partial charge on any atom is 0.279 e. The molecule has 0 bridgehead atoms. The molecule has 0 spiro atoms. The minimum atomic E-state index is -3.74. The summed E-state index contributed by atoms with van der Waals surface area (Å²) in [5.74, 6) is 2.14. The summed E-state index contributed by atoms with van der Waals surface area (Å²) >= 11 is 1.39. The van der Waals surface area contributed by atoms with E-state index in [4.69, 9.17) is 6.42 Å². The summed E-state index contributed by atoms with van der Waals surface area (Å²) in [4.78, 5) is 17.7. The molecule has 1 aromatic heterocycles. The molecule has 0 fully saturated rings. The summed E-state index contributed by atoms with van der Waals surface area (Å²) in [6, 6.07) is 9.84. The second-order valence-corrected chi connectivity index (χ2v) is 10.4. The van der Waals surface area contributed by atoms with Gasteiger partial charge in [0.15, 0.2) is 4.80 Å². The van der Waals surface area contributed by atoms with Crippen molar-refractivity contribution < 1.29 is 13.2 Å². The van der Waals surface area contributed by atoms with Crippen molar-refractivity contribution in [2.24, 2.45) is 4.99 Å². The molecule has 0 radical (unpaired) electrons. The van der Waals surface area contributed by atoms with E-state index in [1.807, 2.05) is 24.5 Å². The predicted octanol–water partition coefficient (Wildman–Crippen LogP) is 4.06. The van der Waals surface area contributed by atoms with Gasteiger partial charge >= 0.3 is 0 Å². The van der Waals surface area contributed by atoms with Crippen molar-refractivity contribution in [3.8, 4) is 12.3 Å². The highest BCUT2D eigenvalue weighted by Gasteiger charge is 2.22. The van der Waals surface area contributed by atoms with Crippen LogP contribution in [0.1, 0.15) is 21.5 Å². The Morgan fingerprint density at radius 1 is 1.15 bits per heavy atom. The number of fused-ring (bicyclic) bond motifs is 1. The molecule has 1 amide bonds. The largest absolute Gasteiger partial charge is 0.305 e. The zero-order chi connectivity index (χ0) is 24.2. The first-order valence-electron chi connectivity index (χ1n) is 10.2. The molecular weight excluding hydrogens is 454 g/mol. The van der Waals surface area contributed by atoms with E-state index in [-0.39, 0.29) is 30.1 Å². The lowest BCUT2D eigenvalue weighted by Gasteiger charge is -2.19. The van der Waals surface area contributed by atoms with Crippen LogP contribution in [0.15, 0.2) is 71.6 Å². The van der Waals surface area contributed by atoms with Crippen LogP contribution in [0.2, 0.25) is 0 Å². The highest BCUT2D eigenvalue weighted by molar-refractivity contribution is 7.89. The lowest BCUT2D eigenvalue weighted by Crippen LogP contribution is -2.31. The van der Waals surface area contributed by atoms with Crippen molar-refractivity contribution in [3.05, 3.63) is 83.2 Å². The number of benzene rings is 2. The monoisotopic (exact) mass is 479 g/mol. The molecule has 0 aliphatic rings. The first-order valence-corrected chi connectivity index (χ1v) is 12.4. The fourth-order valence-electron chi connectivity index (χ4n) is 3.28. The van der Waals surface area contributed by atoms with Gasteiger partial charge in [0.05, 0.1) is 21.7 Å². The van der Waals surface area contributed by atoms with Gasteiger partial charge in [0.25, 0.3) is 5.91 Å². The summed E-state index contributed by atoms with van der Waals surface area (Å²) in [5, 5.41) is 0. The zero-order valence-electron chi connectivity index (χ0n) is 18.6. The third-order valence-corrected chi connectivity index (χ3v) is 8.04. The van der Waals surface area contributed by atoms with E-state index in [0.717, 1.165) is 21.3 Å². The maximum absolute atomic E-state index is 12.9. The number of thiazole rings is 1. The number of carbonyl (C=O) groups is 1. The van der Waals surface area contributed by atoms with Crippen LogP contribution in [-0.4, -0.2) is 36.3 Å². The summed E-state index contributed by atoms with van der Waals surface area (Å²) < 4.78 is 29.8. The molecule has 0 aliphatic heterocycles. The van der Waals surface area contributed by atoms with Crippen LogP contribution in [0.3, 0.4) is 0 Å². The molecule has 0 atom stereocenters. The van der Waals surface area contributed by atoms with E-state index in [1.165, 1.54) is 52.1 Å². The van der Waals surface area contributed by atoms with Gasteiger partial charge in [-0.05, 0) is 61.4 Å². The standard InChI is InChI=1S/C25H25N3O3S2/c1-6-13-27(14-7-2)33(30,31)21-11-9-20(10-12-21)24(29)26-25-28(15-8-3)22-16-18(4)19(5)17-23(22)32-25/h3,6-7,9-12,16-17H,1-2,13-15H2,4-5H3. The van der Waals surface area contributed by atoms with Crippen molar-refractivity contribution >= 4 is 37.5 Å². The third-order valence-electron chi connectivity index (χ3n) is 5.15. The quantitative estimate of drug-likeness (QED) is 0.361. The van der Waals surface area contributed by atoms with Crippen molar-refractivity contribution in [2.45, 2.75) is 25.3 Å². The smallest absolute Gasteiger partial charge is 0.279 e. The average Bonchev–Trinajstić information content (AvgIpc) is 3.10. The van der Waals surface area contributed by atoms with E-state index in [0.29, 0.717) is 4.80 Å². The summed E-state index contributed by atoms with van der Waals surface area (Å²) in [5.41, 5.74) is 3.49. The summed E-state index contributed by atoms with van der Waals surface area (Å²) in [7, 11) is -3.74. The van der Waals surface area contributed by atoms with E-state index in [9.17, 15) is 13.2 Å². The number of nitrogens with zero attached hydrogens (tertiary/aromatic N) is 3. The number of hydrogen-bond acceptors (Lipinski definition) is 4. The van der Waals surface area contributed by atoms with Gasteiger partial charge in [0.2, 0.25) is 10.0 Å². The van der Waals surface area contributed by atoms with Crippen LogP contribution >= 0.6 is 11.3 Å². The van der Waals surface area contributed by atoms with E-state index >= 15 is 0 Å². The summed E-state index contributed by atoms with van der Waals surface area (Å²) in [6.07, 6.45) is 8.57. The second kappa shape index (κ2) is 10.1. The lowest BCUT2D eigenvalue weighted by atomic mass is 10.1. The highest BCUT2D eigenvalue weighted by Crippen LogP contribution is 2.22. The van der Waals surface area contributed by atoms with E-state index in [1.54, 1.807) is 0 Å². The fraction of sp³-hybridized carbons (Fsp3) is 0.200. The number of amides is 1. The third kappa shape index (κ3) is 5.06. The number of aryl methyl sites for hydroxylation is 2. The molecule has 0 unspecified atom stereocenters. The SMILES string of the molecule is C#CCn1c(=NC(=O)c2ccc(S(=O)(=O)N(CC=C)CC=C)cc2)sc2cc(C)c(C)cc21. The van der Waals surface area contributed by atoms with E-state index < -0.39 is 15.9 Å². The van der Waals surface area contributed by atoms with Gasteiger partial charge in [-0.15, -0.1) is 19.6 Å². The Morgan fingerprint density at radius 2 is 1.76 bits per heavy atom. The topological polar surface area (TPSA) is 71.7 Å². The minimum Gasteiger partial charge on any atom is -0.305 e. The van der Waals surface area contributed by atoms with Crippen LogP contribution in [0.4, 0.5) is 0 Å². The van der Waals surface area contributed by atoms with E-state index in [2.05, 4.69) is 30.1 Å². The van der Waals surface area contributed by atoms with Crippen LogP contribution in [0.25, 0.3) is 10.2 Å². The molecule has 0 N–H and O–H groups in total. The highest BCUT2D eigenvalue weighted by atomic mass is 32.2. The normalized spacial score (nSPS) is 12.1. The zero-order valence-corrected chi connectivity index (χ0v) is 20.2. The molecule has 1 heterocycles. The first-order chi connectivity index (χ1) is 15.7. The molecule has 33 heavy (non-hydrogen) atoms. The number of hydrogen-bond donors (Lipinski definition) is 0. The lowest BCUT2D eigenvalue weighted by molar-refractivity contribution is 0.0998. The maximum atomic E-state index is 12.9. The summed E-state index contributed by atoms with van der Waals surface area (Å²) in [6.45, 7) is 11.9. The van der Waals surface area contributed by atoms with Crippen LogP contribution in [0, 0.1) is 26.2 Å². The first kappa shape index (κ1) is 24.4. The van der Waals surface area contributed by atoms with Gasteiger partial charge in [-0.25, -0.2) is 8.42 Å². The van der Waals surface area contributed by atoms with Crippen molar-refractivity contribution in [2.75, 3.05) is 13.1 Å².